The zero-order chi connectivity index (χ0) is 15.6. The Bertz CT molecular complexity index is 445. The highest BCUT2D eigenvalue weighted by Crippen LogP contribution is 2.36. The van der Waals surface area contributed by atoms with E-state index in [0.717, 1.165) is 0 Å². The second-order valence-electron chi connectivity index (χ2n) is 3.90. The molecule has 9 heteroatoms. The van der Waals surface area contributed by atoms with Crippen LogP contribution in [-0.4, -0.2) is 18.5 Å². The molecule has 0 saturated carbocycles. The molecular weight excluding hydrogens is 356 g/mol. The molecule has 0 aliphatic carbocycles. The van der Waals surface area contributed by atoms with Crippen molar-refractivity contribution in [1.82, 2.24) is 0 Å². The van der Waals surface area contributed by atoms with Crippen LogP contribution in [0.3, 0.4) is 0 Å². The van der Waals surface area contributed by atoms with Crippen LogP contribution in [0, 0.1) is 0 Å². The van der Waals surface area contributed by atoms with Gasteiger partial charge >= 0.3 is 12.4 Å². The van der Waals surface area contributed by atoms with Gasteiger partial charge in [0.25, 0.3) is 0 Å². The van der Waals surface area contributed by atoms with Crippen LogP contribution in [0.25, 0.3) is 0 Å². The van der Waals surface area contributed by atoms with E-state index in [2.05, 4.69) is 20.7 Å². The minimum absolute atomic E-state index is 0.167. The maximum absolute atomic E-state index is 12.3. The second kappa shape index (κ2) is 6.31. The monoisotopic (exact) mass is 365 g/mol. The van der Waals surface area contributed by atoms with Crippen LogP contribution in [0.15, 0.2) is 22.7 Å². The number of rotatable bonds is 4. The predicted octanol–water partition coefficient (Wildman–Crippen LogP) is 3.92. The zero-order valence-corrected chi connectivity index (χ0v) is 11.4. The number of hydrogen-bond donors (Lipinski definition) is 1. The first-order valence-electron chi connectivity index (χ1n) is 5.28. The molecule has 0 aromatic heterocycles. The molecule has 0 spiro atoms. The van der Waals surface area contributed by atoms with Crippen molar-refractivity contribution in [2.24, 2.45) is 5.73 Å². The summed E-state index contributed by atoms with van der Waals surface area (Å²) in [6.07, 6.45) is -14.8. The fourth-order valence-electron chi connectivity index (χ4n) is 1.38. The number of nitrogens with two attached hydrogens (primary N) is 1. The Labute approximate surface area is 119 Å². The van der Waals surface area contributed by atoms with E-state index in [1.165, 1.54) is 18.2 Å². The summed E-state index contributed by atoms with van der Waals surface area (Å²) >= 11 is 3.04. The first-order chi connectivity index (χ1) is 9.05. The molecule has 1 rings (SSSR count). The van der Waals surface area contributed by atoms with Gasteiger partial charge in [-0.25, -0.2) is 0 Å². The number of halogens is 7. The van der Waals surface area contributed by atoms with Gasteiger partial charge in [0, 0.05) is 11.0 Å². The van der Waals surface area contributed by atoms with Crippen LogP contribution in [0.2, 0.25) is 0 Å². The second-order valence-corrected chi connectivity index (χ2v) is 4.76. The summed E-state index contributed by atoms with van der Waals surface area (Å²) in [7, 11) is 0. The number of benzene rings is 1. The van der Waals surface area contributed by atoms with E-state index in [0.29, 0.717) is 10.0 Å². The first kappa shape index (κ1) is 17.3. The fourth-order valence-corrected chi connectivity index (χ4v) is 1.92. The zero-order valence-electron chi connectivity index (χ0n) is 9.85. The molecule has 114 valence electrons. The quantitative estimate of drug-likeness (QED) is 0.820. The molecule has 0 atom stereocenters. The summed E-state index contributed by atoms with van der Waals surface area (Å²) in [6, 6.07) is 4.37. The minimum Gasteiger partial charge on any atom is -0.356 e. The molecule has 2 N–H and O–H groups in total. The van der Waals surface area contributed by atoms with E-state index in [-0.39, 0.29) is 12.1 Å². The smallest absolute Gasteiger partial charge is 0.356 e. The molecular formula is C11H10BrF6NO. The number of alkyl halides is 6. The highest BCUT2D eigenvalue weighted by Gasteiger charge is 2.57. The van der Waals surface area contributed by atoms with E-state index in [9.17, 15) is 26.3 Å². The highest BCUT2D eigenvalue weighted by molar-refractivity contribution is 9.10. The molecule has 2 nitrogen and oxygen atoms in total. The minimum atomic E-state index is -5.51. The van der Waals surface area contributed by atoms with Crippen LogP contribution < -0.4 is 5.73 Å². The Morgan fingerprint density at radius 2 is 1.65 bits per heavy atom. The van der Waals surface area contributed by atoms with E-state index < -0.39 is 25.1 Å². The molecule has 0 unspecified atom stereocenters. The normalized spacial score (nSPS) is 13.1. The topological polar surface area (TPSA) is 35.2 Å². The van der Waals surface area contributed by atoms with Gasteiger partial charge in [-0.1, -0.05) is 28.1 Å². The molecule has 0 heterocycles. The van der Waals surface area contributed by atoms with Gasteiger partial charge in [0.2, 0.25) is 6.10 Å². The van der Waals surface area contributed by atoms with Gasteiger partial charge in [-0.15, -0.1) is 0 Å². The largest absolute Gasteiger partial charge is 0.423 e. The van der Waals surface area contributed by atoms with Crippen LogP contribution in [0.5, 0.6) is 0 Å². The molecule has 20 heavy (non-hydrogen) atoms. The van der Waals surface area contributed by atoms with Crippen molar-refractivity contribution in [1.29, 1.82) is 0 Å². The van der Waals surface area contributed by atoms with Crippen molar-refractivity contribution in [3.63, 3.8) is 0 Å². The Morgan fingerprint density at radius 1 is 1.10 bits per heavy atom. The van der Waals surface area contributed by atoms with Gasteiger partial charge in [-0.3, -0.25) is 0 Å². The van der Waals surface area contributed by atoms with Crippen LogP contribution in [0.4, 0.5) is 26.3 Å². The summed E-state index contributed by atoms with van der Waals surface area (Å²) < 4.78 is 77.9. The molecule has 0 bridgehead atoms. The molecule has 0 saturated heterocycles. The van der Waals surface area contributed by atoms with E-state index >= 15 is 0 Å². The average Bonchev–Trinajstić information content (AvgIpc) is 2.27. The van der Waals surface area contributed by atoms with Crippen molar-refractivity contribution < 1.29 is 31.1 Å². The highest BCUT2D eigenvalue weighted by atomic mass is 79.9. The molecule has 0 amide bonds. The molecule has 0 radical (unpaired) electrons. The van der Waals surface area contributed by atoms with Gasteiger partial charge in [0.1, 0.15) is 0 Å². The van der Waals surface area contributed by atoms with Gasteiger partial charge in [-0.2, -0.15) is 26.3 Å². The lowest BCUT2D eigenvalue weighted by molar-refractivity contribution is -0.324. The number of ether oxygens (including phenoxy) is 1. The van der Waals surface area contributed by atoms with Crippen molar-refractivity contribution in [3.05, 3.63) is 33.8 Å². The van der Waals surface area contributed by atoms with E-state index in [1.807, 2.05) is 0 Å². The summed E-state index contributed by atoms with van der Waals surface area (Å²) in [5, 5.41) is 0. The molecule has 0 aliphatic heterocycles. The van der Waals surface area contributed by atoms with Crippen molar-refractivity contribution >= 4 is 15.9 Å². The number of hydrogen-bond acceptors (Lipinski definition) is 2. The summed E-state index contributed by atoms with van der Waals surface area (Å²) in [6.45, 7) is -0.622. The van der Waals surface area contributed by atoms with E-state index in [4.69, 9.17) is 5.73 Å². The van der Waals surface area contributed by atoms with Crippen molar-refractivity contribution in [2.75, 3.05) is 0 Å². The van der Waals surface area contributed by atoms with Gasteiger partial charge in [0.05, 0.1) is 6.61 Å². The maximum Gasteiger partial charge on any atom is 0.423 e. The maximum atomic E-state index is 12.3. The lowest BCUT2D eigenvalue weighted by Gasteiger charge is -2.23. The SMILES string of the molecule is NCc1ccc(COC(C(F)(F)F)C(F)(F)F)c(Br)c1. The lowest BCUT2D eigenvalue weighted by Crippen LogP contribution is -2.44. The Morgan fingerprint density at radius 3 is 2.05 bits per heavy atom. The van der Waals surface area contributed by atoms with Crippen molar-refractivity contribution in [3.8, 4) is 0 Å². The summed E-state index contributed by atoms with van der Waals surface area (Å²) in [5.41, 5.74) is 6.21. The Balaban J connectivity index is 2.83. The van der Waals surface area contributed by atoms with Crippen LogP contribution in [0.1, 0.15) is 11.1 Å². The van der Waals surface area contributed by atoms with E-state index in [1.54, 1.807) is 0 Å². The fraction of sp³-hybridized carbons (Fsp3) is 0.455. The van der Waals surface area contributed by atoms with Crippen LogP contribution in [-0.2, 0) is 17.9 Å². The third-order valence-electron chi connectivity index (χ3n) is 2.35. The molecule has 0 fully saturated rings. The Kier molecular flexibility index (Phi) is 5.45. The lowest BCUT2D eigenvalue weighted by atomic mass is 10.1. The van der Waals surface area contributed by atoms with Gasteiger partial charge in [-0.05, 0) is 17.2 Å². The summed E-state index contributed by atoms with van der Waals surface area (Å²) in [5.74, 6) is 0. The standard InChI is InChI=1S/C11H10BrF6NO/c12-8-3-6(4-19)1-2-7(8)5-20-9(10(13,14)15)11(16,17)18/h1-3,9H,4-5,19H2. The van der Waals surface area contributed by atoms with Gasteiger partial charge < -0.3 is 10.5 Å². The average molecular weight is 366 g/mol. The summed E-state index contributed by atoms with van der Waals surface area (Å²) in [4.78, 5) is 0. The third kappa shape index (κ3) is 4.64. The molecule has 0 aliphatic rings. The first-order valence-corrected chi connectivity index (χ1v) is 6.07. The molecule has 1 aromatic carbocycles. The van der Waals surface area contributed by atoms with Crippen molar-refractivity contribution in [2.45, 2.75) is 31.6 Å². The Hall–Kier alpha value is -0.800. The van der Waals surface area contributed by atoms with Crippen LogP contribution >= 0.6 is 15.9 Å². The predicted molar refractivity (Wildman–Crippen MR) is 62.7 cm³/mol. The molecule has 1 aromatic rings. The van der Waals surface area contributed by atoms with Gasteiger partial charge in [0.15, 0.2) is 0 Å². The third-order valence-corrected chi connectivity index (χ3v) is 3.09.